The van der Waals surface area contributed by atoms with E-state index in [0.717, 1.165) is 24.2 Å². The molecule has 0 aliphatic heterocycles. The van der Waals surface area contributed by atoms with Crippen LogP contribution in [0.1, 0.15) is 40.9 Å². The lowest BCUT2D eigenvalue weighted by Gasteiger charge is -2.09. The Kier molecular flexibility index (Phi) is 4.57. The lowest BCUT2D eigenvalue weighted by atomic mass is 9.96. The van der Waals surface area contributed by atoms with Crippen LogP contribution in [0.4, 0.5) is 0 Å². The molecule has 0 aliphatic rings. The summed E-state index contributed by atoms with van der Waals surface area (Å²) in [6, 6.07) is 13.2. The lowest BCUT2D eigenvalue weighted by Crippen LogP contribution is -2.03. The van der Waals surface area contributed by atoms with E-state index in [9.17, 15) is 4.79 Å². The third kappa shape index (κ3) is 2.90. The summed E-state index contributed by atoms with van der Waals surface area (Å²) in [5.41, 5.74) is 4.02. The molecule has 0 atom stereocenters. The van der Waals surface area contributed by atoms with Crippen molar-refractivity contribution in [3.8, 4) is 5.75 Å². The highest BCUT2D eigenvalue weighted by atomic mass is 16.5. The molecule has 0 unspecified atom stereocenters. The van der Waals surface area contributed by atoms with Gasteiger partial charge in [-0.05, 0) is 54.3 Å². The van der Waals surface area contributed by atoms with Crippen LogP contribution in [-0.4, -0.2) is 12.9 Å². The molecule has 0 aliphatic carbocycles. The molecule has 104 valence electrons. The first kappa shape index (κ1) is 14.3. The van der Waals surface area contributed by atoms with Crippen LogP contribution in [0.25, 0.3) is 0 Å². The van der Waals surface area contributed by atoms with E-state index in [2.05, 4.69) is 19.9 Å². The van der Waals surface area contributed by atoms with Gasteiger partial charge in [0.2, 0.25) is 0 Å². The van der Waals surface area contributed by atoms with Crippen LogP contribution in [0, 0.1) is 0 Å². The van der Waals surface area contributed by atoms with Gasteiger partial charge in [0.05, 0.1) is 7.11 Å². The van der Waals surface area contributed by atoms with Crippen LogP contribution >= 0.6 is 0 Å². The van der Waals surface area contributed by atoms with Crippen LogP contribution in [0.2, 0.25) is 0 Å². The second-order valence-electron chi connectivity index (χ2n) is 4.75. The molecule has 0 saturated carbocycles. The molecule has 2 rings (SSSR count). The van der Waals surface area contributed by atoms with Crippen molar-refractivity contribution in [3.63, 3.8) is 0 Å². The number of carbonyl (C=O) groups excluding carboxylic acids is 1. The molecule has 0 saturated heterocycles. The fraction of sp³-hybridized carbons (Fsp3) is 0.278. The maximum Gasteiger partial charge on any atom is 0.193 e. The summed E-state index contributed by atoms with van der Waals surface area (Å²) in [7, 11) is 1.62. The molecule has 2 nitrogen and oxygen atoms in total. The first-order valence-electron chi connectivity index (χ1n) is 7.00. The first-order valence-corrected chi connectivity index (χ1v) is 7.00. The van der Waals surface area contributed by atoms with E-state index in [1.807, 2.05) is 24.3 Å². The minimum Gasteiger partial charge on any atom is -0.497 e. The predicted octanol–water partition coefficient (Wildman–Crippen LogP) is 4.05. The van der Waals surface area contributed by atoms with Crippen molar-refractivity contribution in [2.45, 2.75) is 26.7 Å². The number of hydrogen-bond acceptors (Lipinski definition) is 2. The van der Waals surface area contributed by atoms with Crippen LogP contribution in [-0.2, 0) is 12.8 Å². The molecule has 2 aromatic carbocycles. The van der Waals surface area contributed by atoms with Crippen molar-refractivity contribution in [2.24, 2.45) is 0 Å². The predicted molar refractivity (Wildman–Crippen MR) is 81.6 cm³/mol. The highest BCUT2D eigenvalue weighted by Gasteiger charge is 2.11. The normalized spacial score (nSPS) is 10.3. The number of rotatable bonds is 5. The Hall–Kier alpha value is -2.09. The van der Waals surface area contributed by atoms with E-state index in [1.165, 1.54) is 11.1 Å². The highest BCUT2D eigenvalue weighted by molar-refractivity contribution is 6.09. The van der Waals surface area contributed by atoms with Gasteiger partial charge in [-0.3, -0.25) is 4.79 Å². The van der Waals surface area contributed by atoms with Gasteiger partial charge in [-0.1, -0.05) is 26.0 Å². The van der Waals surface area contributed by atoms with Gasteiger partial charge < -0.3 is 4.74 Å². The van der Waals surface area contributed by atoms with E-state index in [1.54, 1.807) is 19.2 Å². The monoisotopic (exact) mass is 268 g/mol. The molecule has 0 fully saturated rings. The minimum absolute atomic E-state index is 0.0602. The highest BCUT2D eigenvalue weighted by Crippen LogP contribution is 2.18. The van der Waals surface area contributed by atoms with Gasteiger partial charge in [-0.2, -0.15) is 0 Å². The number of hydrogen-bond donors (Lipinski definition) is 0. The van der Waals surface area contributed by atoms with Crippen LogP contribution in [0.5, 0.6) is 5.75 Å². The molecule has 0 N–H and O–H groups in total. The van der Waals surface area contributed by atoms with Gasteiger partial charge in [0.1, 0.15) is 5.75 Å². The van der Waals surface area contributed by atoms with Gasteiger partial charge in [-0.25, -0.2) is 0 Å². The molecule has 0 aromatic heterocycles. The van der Waals surface area contributed by atoms with Crippen molar-refractivity contribution in [2.75, 3.05) is 7.11 Å². The van der Waals surface area contributed by atoms with E-state index in [-0.39, 0.29) is 5.78 Å². The fourth-order valence-corrected chi connectivity index (χ4v) is 2.35. The molecule has 20 heavy (non-hydrogen) atoms. The Morgan fingerprint density at radius 3 is 2.05 bits per heavy atom. The average molecular weight is 268 g/mol. The average Bonchev–Trinajstić information content (AvgIpc) is 2.53. The smallest absolute Gasteiger partial charge is 0.193 e. The standard InChI is InChI=1S/C18H20O2/c1-4-13-6-7-16(12-14(13)5-2)18(19)15-8-10-17(20-3)11-9-15/h6-12H,4-5H2,1-3H3. The number of methoxy groups -OCH3 is 1. The Bertz CT molecular complexity index is 597. The van der Waals surface area contributed by atoms with E-state index in [0.29, 0.717) is 5.56 Å². The number of carbonyl (C=O) groups is 1. The summed E-state index contributed by atoms with van der Waals surface area (Å²) >= 11 is 0. The zero-order valence-corrected chi connectivity index (χ0v) is 12.3. The van der Waals surface area contributed by atoms with Crippen molar-refractivity contribution in [1.82, 2.24) is 0 Å². The molecule has 2 aromatic rings. The summed E-state index contributed by atoms with van der Waals surface area (Å²) in [6.45, 7) is 4.26. The third-order valence-electron chi connectivity index (χ3n) is 3.58. The maximum absolute atomic E-state index is 12.5. The van der Waals surface area contributed by atoms with Crippen molar-refractivity contribution < 1.29 is 9.53 Å². The quantitative estimate of drug-likeness (QED) is 0.765. The largest absolute Gasteiger partial charge is 0.497 e. The fourth-order valence-electron chi connectivity index (χ4n) is 2.35. The third-order valence-corrected chi connectivity index (χ3v) is 3.58. The molecular weight excluding hydrogens is 248 g/mol. The van der Waals surface area contributed by atoms with Crippen LogP contribution in [0.3, 0.4) is 0 Å². The van der Waals surface area contributed by atoms with E-state index in [4.69, 9.17) is 4.74 Å². The van der Waals surface area contributed by atoms with Crippen molar-refractivity contribution in [1.29, 1.82) is 0 Å². The molecule has 2 heteroatoms. The molecular formula is C18H20O2. The van der Waals surface area contributed by atoms with Gasteiger partial charge in [0, 0.05) is 11.1 Å². The zero-order chi connectivity index (χ0) is 14.5. The number of ether oxygens (including phenoxy) is 1. The Morgan fingerprint density at radius 1 is 0.900 bits per heavy atom. The molecule has 0 heterocycles. The maximum atomic E-state index is 12.5. The number of ketones is 1. The molecule has 0 radical (unpaired) electrons. The second-order valence-corrected chi connectivity index (χ2v) is 4.75. The molecule has 0 spiro atoms. The summed E-state index contributed by atoms with van der Waals surface area (Å²) in [5, 5.41) is 0. The SMILES string of the molecule is CCc1ccc(C(=O)c2ccc(OC)cc2)cc1CC. The lowest BCUT2D eigenvalue weighted by molar-refractivity contribution is 0.103. The van der Waals surface area contributed by atoms with Crippen LogP contribution < -0.4 is 4.74 Å². The molecule has 0 bridgehead atoms. The molecule has 0 amide bonds. The summed E-state index contributed by atoms with van der Waals surface area (Å²) in [5.74, 6) is 0.821. The van der Waals surface area contributed by atoms with Gasteiger partial charge in [0.25, 0.3) is 0 Å². The number of benzene rings is 2. The number of aryl methyl sites for hydroxylation is 2. The summed E-state index contributed by atoms with van der Waals surface area (Å²) in [6.07, 6.45) is 1.95. The zero-order valence-electron chi connectivity index (χ0n) is 12.3. The Labute approximate surface area is 120 Å². The van der Waals surface area contributed by atoms with Gasteiger partial charge in [-0.15, -0.1) is 0 Å². The Morgan fingerprint density at radius 2 is 1.50 bits per heavy atom. The van der Waals surface area contributed by atoms with Crippen LogP contribution in [0.15, 0.2) is 42.5 Å². The Balaban J connectivity index is 2.32. The second kappa shape index (κ2) is 6.38. The van der Waals surface area contributed by atoms with E-state index < -0.39 is 0 Å². The first-order chi connectivity index (χ1) is 9.69. The topological polar surface area (TPSA) is 26.3 Å². The van der Waals surface area contributed by atoms with Gasteiger partial charge in [0.15, 0.2) is 5.78 Å². The van der Waals surface area contributed by atoms with Crippen molar-refractivity contribution in [3.05, 3.63) is 64.7 Å². The van der Waals surface area contributed by atoms with Gasteiger partial charge >= 0.3 is 0 Å². The summed E-state index contributed by atoms with van der Waals surface area (Å²) in [4.78, 5) is 12.5. The van der Waals surface area contributed by atoms with Crippen molar-refractivity contribution >= 4 is 5.78 Å². The minimum atomic E-state index is 0.0602. The summed E-state index contributed by atoms with van der Waals surface area (Å²) < 4.78 is 5.11. The van der Waals surface area contributed by atoms with E-state index >= 15 is 0 Å².